The second kappa shape index (κ2) is 4.37. The lowest BCUT2D eigenvalue weighted by Crippen LogP contribution is -2.28. The summed E-state index contributed by atoms with van der Waals surface area (Å²) in [5.74, 6) is -0.0354. The van der Waals surface area contributed by atoms with Crippen molar-refractivity contribution in [1.82, 2.24) is 5.01 Å². The number of carbonyl (C=O) groups excluding carboxylic acids is 2. The smallest absolute Gasteiger partial charge is 0.281 e. The number of imide groups is 1. The Morgan fingerprint density at radius 2 is 2.00 bits per heavy atom. The molecule has 0 saturated carbocycles. The monoisotopic (exact) mass is 232 g/mol. The molecule has 0 bridgehead atoms. The van der Waals surface area contributed by atoms with Crippen molar-refractivity contribution in [2.45, 2.75) is 13.3 Å². The van der Waals surface area contributed by atoms with Gasteiger partial charge >= 0.3 is 0 Å². The van der Waals surface area contributed by atoms with Crippen LogP contribution in [-0.4, -0.2) is 29.6 Å². The zero-order valence-electron chi connectivity index (χ0n) is 9.64. The quantitative estimate of drug-likeness (QED) is 0.725. The van der Waals surface area contributed by atoms with Crippen molar-refractivity contribution in [3.63, 3.8) is 0 Å². The van der Waals surface area contributed by atoms with Gasteiger partial charge in [-0.2, -0.15) is 10.1 Å². The highest BCUT2D eigenvalue weighted by Crippen LogP contribution is 2.16. The standard InChI is InChI=1S/C12H12N2O3/c1-8-7-11(15)14(13-8)12(16)9-3-5-10(17-2)6-4-9/h3-6H,7H2,1-2H3. The van der Waals surface area contributed by atoms with Crippen molar-refractivity contribution in [2.24, 2.45) is 5.10 Å². The number of hydrazone groups is 1. The van der Waals surface area contributed by atoms with Gasteiger partial charge < -0.3 is 4.74 Å². The molecule has 0 spiro atoms. The number of ether oxygens (including phenoxy) is 1. The lowest BCUT2D eigenvalue weighted by molar-refractivity contribution is -0.126. The van der Waals surface area contributed by atoms with E-state index in [-0.39, 0.29) is 12.3 Å². The van der Waals surface area contributed by atoms with E-state index in [0.717, 1.165) is 5.01 Å². The highest BCUT2D eigenvalue weighted by Gasteiger charge is 2.28. The fourth-order valence-electron chi connectivity index (χ4n) is 1.57. The summed E-state index contributed by atoms with van der Waals surface area (Å²) in [6.45, 7) is 1.72. The van der Waals surface area contributed by atoms with E-state index in [1.54, 1.807) is 38.3 Å². The number of rotatable bonds is 2. The number of nitrogens with zero attached hydrogens (tertiary/aromatic N) is 2. The van der Waals surface area contributed by atoms with Crippen LogP contribution in [0.25, 0.3) is 0 Å². The SMILES string of the molecule is COc1ccc(C(=O)N2N=C(C)CC2=O)cc1. The fourth-order valence-corrected chi connectivity index (χ4v) is 1.57. The first-order chi connectivity index (χ1) is 8.11. The molecule has 1 aromatic carbocycles. The van der Waals surface area contributed by atoms with Gasteiger partial charge in [0.15, 0.2) is 0 Å². The predicted molar refractivity (Wildman–Crippen MR) is 61.9 cm³/mol. The van der Waals surface area contributed by atoms with Gasteiger partial charge in [-0.15, -0.1) is 0 Å². The third kappa shape index (κ3) is 2.18. The summed E-state index contributed by atoms with van der Waals surface area (Å²) in [6, 6.07) is 6.56. The summed E-state index contributed by atoms with van der Waals surface area (Å²) in [6.07, 6.45) is 0.210. The molecule has 2 rings (SSSR count). The van der Waals surface area contributed by atoms with E-state index in [2.05, 4.69) is 5.10 Å². The molecule has 2 amide bonds. The third-order valence-electron chi connectivity index (χ3n) is 2.44. The summed E-state index contributed by atoms with van der Waals surface area (Å²) >= 11 is 0. The van der Waals surface area contributed by atoms with Gasteiger partial charge in [-0.1, -0.05) is 0 Å². The van der Waals surface area contributed by atoms with Gasteiger partial charge in [-0.05, 0) is 31.2 Å². The van der Waals surface area contributed by atoms with Crippen molar-refractivity contribution < 1.29 is 14.3 Å². The van der Waals surface area contributed by atoms with E-state index >= 15 is 0 Å². The fraction of sp³-hybridized carbons (Fsp3) is 0.250. The molecular weight excluding hydrogens is 220 g/mol. The Morgan fingerprint density at radius 3 is 2.47 bits per heavy atom. The maximum atomic E-state index is 12.0. The number of carbonyl (C=O) groups is 2. The molecule has 1 aliphatic rings. The van der Waals surface area contributed by atoms with Crippen molar-refractivity contribution >= 4 is 17.5 Å². The first kappa shape index (κ1) is 11.3. The van der Waals surface area contributed by atoms with Crippen LogP contribution < -0.4 is 4.74 Å². The van der Waals surface area contributed by atoms with E-state index in [0.29, 0.717) is 17.0 Å². The Bertz CT molecular complexity index is 491. The van der Waals surface area contributed by atoms with Crippen LogP contribution in [0.4, 0.5) is 0 Å². The van der Waals surface area contributed by atoms with Crippen LogP contribution in [0.1, 0.15) is 23.7 Å². The van der Waals surface area contributed by atoms with E-state index in [1.807, 2.05) is 0 Å². The highest BCUT2D eigenvalue weighted by molar-refractivity contribution is 6.13. The summed E-state index contributed by atoms with van der Waals surface area (Å²) < 4.78 is 4.99. The number of benzene rings is 1. The molecule has 1 aliphatic heterocycles. The van der Waals surface area contributed by atoms with E-state index in [1.165, 1.54) is 0 Å². The molecule has 1 heterocycles. The van der Waals surface area contributed by atoms with Crippen molar-refractivity contribution in [1.29, 1.82) is 0 Å². The molecule has 5 heteroatoms. The van der Waals surface area contributed by atoms with Crippen molar-refractivity contribution in [3.05, 3.63) is 29.8 Å². The Balaban J connectivity index is 2.22. The van der Waals surface area contributed by atoms with Crippen LogP contribution in [0.2, 0.25) is 0 Å². The lowest BCUT2D eigenvalue weighted by atomic mass is 10.2. The highest BCUT2D eigenvalue weighted by atomic mass is 16.5. The Kier molecular flexibility index (Phi) is 2.91. The van der Waals surface area contributed by atoms with Crippen LogP contribution >= 0.6 is 0 Å². The largest absolute Gasteiger partial charge is 0.497 e. The zero-order chi connectivity index (χ0) is 12.4. The Hall–Kier alpha value is -2.17. The maximum Gasteiger partial charge on any atom is 0.281 e. The number of hydrogen-bond donors (Lipinski definition) is 0. The van der Waals surface area contributed by atoms with Gasteiger partial charge in [0.25, 0.3) is 11.8 Å². The van der Waals surface area contributed by atoms with Crippen LogP contribution in [0.15, 0.2) is 29.4 Å². The molecular formula is C12H12N2O3. The molecule has 5 nitrogen and oxygen atoms in total. The van der Waals surface area contributed by atoms with E-state index < -0.39 is 5.91 Å². The summed E-state index contributed by atoms with van der Waals surface area (Å²) in [5, 5.41) is 4.82. The molecule has 0 N–H and O–H groups in total. The molecule has 17 heavy (non-hydrogen) atoms. The topological polar surface area (TPSA) is 59.0 Å². The summed E-state index contributed by atoms with van der Waals surface area (Å²) in [7, 11) is 1.55. The third-order valence-corrected chi connectivity index (χ3v) is 2.44. The number of hydrogen-bond acceptors (Lipinski definition) is 4. The van der Waals surface area contributed by atoms with Crippen molar-refractivity contribution in [3.8, 4) is 5.75 Å². The number of methoxy groups -OCH3 is 1. The molecule has 0 radical (unpaired) electrons. The van der Waals surface area contributed by atoms with Crippen molar-refractivity contribution in [2.75, 3.05) is 7.11 Å². The van der Waals surface area contributed by atoms with Gasteiger partial charge in [-0.25, -0.2) is 0 Å². The molecule has 0 unspecified atom stereocenters. The molecule has 0 aliphatic carbocycles. The van der Waals surface area contributed by atoms with Crippen LogP contribution in [-0.2, 0) is 4.79 Å². The molecule has 88 valence electrons. The minimum Gasteiger partial charge on any atom is -0.497 e. The molecule has 0 saturated heterocycles. The van der Waals surface area contributed by atoms with Gasteiger partial charge in [0.1, 0.15) is 5.75 Å². The second-order valence-corrected chi connectivity index (χ2v) is 3.75. The minimum atomic E-state index is -0.408. The van der Waals surface area contributed by atoms with E-state index in [9.17, 15) is 9.59 Å². The van der Waals surface area contributed by atoms with Crippen LogP contribution in [0, 0.1) is 0 Å². The van der Waals surface area contributed by atoms with E-state index in [4.69, 9.17) is 4.74 Å². The van der Waals surface area contributed by atoms with Gasteiger partial charge in [-0.3, -0.25) is 9.59 Å². The van der Waals surface area contributed by atoms with Gasteiger partial charge in [0.2, 0.25) is 0 Å². The number of amides is 2. The normalized spacial score (nSPS) is 14.8. The predicted octanol–water partition coefficient (Wildman–Crippen LogP) is 1.44. The zero-order valence-corrected chi connectivity index (χ0v) is 9.64. The first-order valence-corrected chi connectivity index (χ1v) is 5.17. The lowest BCUT2D eigenvalue weighted by Gasteiger charge is -2.09. The molecule has 0 aromatic heterocycles. The average molecular weight is 232 g/mol. The minimum absolute atomic E-state index is 0.210. The maximum absolute atomic E-state index is 12.0. The van der Waals surface area contributed by atoms with Gasteiger partial charge in [0, 0.05) is 11.3 Å². The first-order valence-electron chi connectivity index (χ1n) is 5.17. The molecule has 0 fully saturated rings. The summed E-state index contributed by atoms with van der Waals surface area (Å²) in [5.41, 5.74) is 1.06. The average Bonchev–Trinajstić information content (AvgIpc) is 2.68. The van der Waals surface area contributed by atoms with Gasteiger partial charge in [0.05, 0.1) is 13.5 Å². The molecule has 1 aromatic rings. The second-order valence-electron chi connectivity index (χ2n) is 3.75. The summed E-state index contributed by atoms with van der Waals surface area (Å²) in [4.78, 5) is 23.4. The van der Waals surface area contributed by atoms with Crippen LogP contribution in [0.5, 0.6) is 5.75 Å². The Labute approximate surface area is 98.7 Å². The Morgan fingerprint density at radius 1 is 1.35 bits per heavy atom. The molecule has 0 atom stereocenters. The van der Waals surface area contributed by atoms with Crippen LogP contribution in [0.3, 0.4) is 0 Å².